The number of ketones is 1. The molecule has 0 amide bonds. The minimum Gasteiger partial charge on any atom is -0.309 e. The number of nitrogens with one attached hydrogen (secondary N) is 1. The molecule has 0 aliphatic carbocycles. The van der Waals surface area contributed by atoms with Crippen molar-refractivity contribution in [3.05, 3.63) is 0 Å². The highest BCUT2D eigenvalue weighted by Crippen LogP contribution is 1.91. The van der Waals surface area contributed by atoms with Crippen molar-refractivity contribution in [1.82, 2.24) is 5.32 Å². The molecular formula is C8H17NO3S. The molecule has 5 heteroatoms. The summed E-state index contributed by atoms with van der Waals surface area (Å²) < 4.78 is 21.4. The molecule has 0 fully saturated rings. The summed E-state index contributed by atoms with van der Waals surface area (Å²) in [5.74, 6) is 0.192. The first-order chi connectivity index (χ1) is 5.83. The van der Waals surface area contributed by atoms with Crippen LogP contribution in [0, 0.1) is 5.92 Å². The number of carbonyl (C=O) groups excluding carboxylic acids is 1. The van der Waals surface area contributed by atoms with Gasteiger partial charge in [-0.1, -0.05) is 13.8 Å². The molecule has 0 saturated heterocycles. The fourth-order valence-electron chi connectivity index (χ4n) is 0.673. The van der Waals surface area contributed by atoms with Gasteiger partial charge in [0.05, 0.1) is 12.3 Å². The average molecular weight is 207 g/mol. The minimum absolute atomic E-state index is 0.00531. The Kier molecular flexibility index (Phi) is 5.17. The van der Waals surface area contributed by atoms with E-state index in [-0.39, 0.29) is 24.0 Å². The smallest absolute Gasteiger partial charge is 0.149 e. The van der Waals surface area contributed by atoms with Crippen molar-refractivity contribution < 1.29 is 13.2 Å². The predicted molar refractivity (Wildman–Crippen MR) is 52.4 cm³/mol. The molecule has 0 heterocycles. The lowest BCUT2D eigenvalue weighted by Crippen LogP contribution is -2.30. The number of sulfone groups is 1. The van der Waals surface area contributed by atoms with Crippen LogP contribution < -0.4 is 5.32 Å². The molecule has 0 aliphatic heterocycles. The maximum Gasteiger partial charge on any atom is 0.149 e. The highest BCUT2D eigenvalue weighted by atomic mass is 32.2. The second kappa shape index (κ2) is 5.34. The Bertz CT molecular complexity index is 257. The third-order valence-corrected chi connectivity index (χ3v) is 2.54. The molecule has 0 aromatic heterocycles. The highest BCUT2D eigenvalue weighted by Gasteiger charge is 2.06. The molecule has 0 saturated carbocycles. The Labute approximate surface area is 79.6 Å². The van der Waals surface area contributed by atoms with Crippen LogP contribution in [0.2, 0.25) is 0 Å². The van der Waals surface area contributed by atoms with Gasteiger partial charge in [-0.3, -0.25) is 4.79 Å². The topological polar surface area (TPSA) is 63.2 Å². The molecule has 13 heavy (non-hydrogen) atoms. The summed E-state index contributed by atoms with van der Waals surface area (Å²) in [6, 6.07) is 0. The Morgan fingerprint density at radius 3 is 2.31 bits per heavy atom. The Balaban J connectivity index is 3.53. The zero-order valence-corrected chi connectivity index (χ0v) is 9.15. The van der Waals surface area contributed by atoms with Gasteiger partial charge in [0, 0.05) is 18.7 Å². The minimum atomic E-state index is -2.92. The maximum atomic E-state index is 11.1. The van der Waals surface area contributed by atoms with Crippen LogP contribution in [0.3, 0.4) is 0 Å². The molecule has 0 radical (unpaired) electrons. The Morgan fingerprint density at radius 2 is 1.92 bits per heavy atom. The van der Waals surface area contributed by atoms with E-state index in [9.17, 15) is 13.2 Å². The third-order valence-electron chi connectivity index (χ3n) is 1.59. The fourth-order valence-corrected chi connectivity index (χ4v) is 1.19. The summed E-state index contributed by atoms with van der Waals surface area (Å²) in [7, 11) is -2.92. The van der Waals surface area contributed by atoms with Gasteiger partial charge in [0.2, 0.25) is 0 Å². The number of hydrogen-bond donors (Lipinski definition) is 1. The van der Waals surface area contributed by atoms with Crippen molar-refractivity contribution in [1.29, 1.82) is 0 Å². The van der Waals surface area contributed by atoms with Crippen LogP contribution >= 0.6 is 0 Å². The molecule has 0 atom stereocenters. The molecule has 1 N–H and O–H groups in total. The van der Waals surface area contributed by atoms with E-state index in [1.807, 2.05) is 13.8 Å². The van der Waals surface area contributed by atoms with Crippen LogP contribution in [-0.4, -0.2) is 39.3 Å². The maximum absolute atomic E-state index is 11.1. The van der Waals surface area contributed by atoms with Crippen LogP contribution in [0.5, 0.6) is 0 Å². The monoisotopic (exact) mass is 207 g/mol. The zero-order valence-electron chi connectivity index (χ0n) is 8.33. The molecule has 0 rings (SSSR count). The number of carbonyl (C=O) groups is 1. The average Bonchev–Trinajstić information content (AvgIpc) is 1.95. The van der Waals surface area contributed by atoms with Crippen LogP contribution in [0.25, 0.3) is 0 Å². The molecule has 0 unspecified atom stereocenters. The highest BCUT2D eigenvalue weighted by molar-refractivity contribution is 7.90. The Morgan fingerprint density at radius 1 is 1.38 bits per heavy atom. The lowest BCUT2D eigenvalue weighted by Gasteiger charge is -2.05. The van der Waals surface area contributed by atoms with Crippen molar-refractivity contribution in [3.63, 3.8) is 0 Å². The van der Waals surface area contributed by atoms with E-state index in [2.05, 4.69) is 5.32 Å². The van der Waals surface area contributed by atoms with E-state index in [1.165, 1.54) is 6.26 Å². The van der Waals surface area contributed by atoms with Gasteiger partial charge in [0.25, 0.3) is 0 Å². The first-order valence-corrected chi connectivity index (χ1v) is 6.30. The van der Waals surface area contributed by atoms with Gasteiger partial charge in [-0.25, -0.2) is 8.42 Å². The molecule has 78 valence electrons. The predicted octanol–water partition coefficient (Wildman–Crippen LogP) is -0.154. The first kappa shape index (κ1) is 12.6. The molecule has 0 aliphatic rings. The summed E-state index contributed by atoms with van der Waals surface area (Å²) in [5, 5.41) is 2.79. The second-order valence-corrected chi connectivity index (χ2v) is 5.69. The fraction of sp³-hybridized carbons (Fsp3) is 0.875. The molecule has 0 spiro atoms. The van der Waals surface area contributed by atoms with Gasteiger partial charge in [-0.2, -0.15) is 0 Å². The van der Waals surface area contributed by atoms with Crippen molar-refractivity contribution in [3.8, 4) is 0 Å². The van der Waals surface area contributed by atoms with E-state index >= 15 is 0 Å². The number of Topliss-reactive ketones (excluding diaryl/α,β-unsaturated/α-hetero) is 1. The molecule has 0 aromatic carbocycles. The molecular weight excluding hydrogens is 190 g/mol. The largest absolute Gasteiger partial charge is 0.309 e. The number of hydrogen-bond acceptors (Lipinski definition) is 4. The van der Waals surface area contributed by atoms with Crippen LogP contribution in [0.15, 0.2) is 0 Å². The molecule has 0 bridgehead atoms. The number of rotatable bonds is 6. The van der Waals surface area contributed by atoms with Gasteiger partial charge in [-0.15, -0.1) is 0 Å². The normalized spacial score (nSPS) is 12.0. The summed E-state index contributed by atoms with van der Waals surface area (Å²) >= 11 is 0. The van der Waals surface area contributed by atoms with Crippen LogP contribution in [-0.2, 0) is 14.6 Å². The summed E-state index contributed by atoms with van der Waals surface area (Å²) in [5.41, 5.74) is 0. The van der Waals surface area contributed by atoms with Crippen LogP contribution in [0.1, 0.15) is 13.8 Å². The van der Waals surface area contributed by atoms with Gasteiger partial charge < -0.3 is 5.32 Å². The summed E-state index contributed by atoms with van der Waals surface area (Å²) in [4.78, 5) is 11.1. The third kappa shape index (κ3) is 7.93. The van der Waals surface area contributed by atoms with E-state index in [1.54, 1.807) is 0 Å². The van der Waals surface area contributed by atoms with Gasteiger partial charge in [0.1, 0.15) is 15.6 Å². The van der Waals surface area contributed by atoms with Gasteiger partial charge in [0.15, 0.2) is 0 Å². The van der Waals surface area contributed by atoms with Crippen LogP contribution in [0.4, 0.5) is 0 Å². The Hall–Kier alpha value is -0.420. The second-order valence-electron chi connectivity index (χ2n) is 3.43. The summed E-state index contributed by atoms with van der Waals surface area (Å²) in [6.07, 6.45) is 1.18. The van der Waals surface area contributed by atoms with Gasteiger partial charge >= 0.3 is 0 Å². The van der Waals surface area contributed by atoms with Crippen molar-refractivity contribution in [2.45, 2.75) is 13.8 Å². The molecule has 0 aromatic rings. The zero-order chi connectivity index (χ0) is 10.5. The first-order valence-electron chi connectivity index (χ1n) is 4.24. The van der Waals surface area contributed by atoms with Crippen molar-refractivity contribution in [2.24, 2.45) is 5.92 Å². The summed E-state index contributed by atoms with van der Waals surface area (Å²) in [6.45, 7) is 4.24. The standard InChI is InChI=1S/C8H17NO3S/c1-7(2)8(10)6-9-4-5-13(3,11)12/h7,9H,4-6H2,1-3H3. The van der Waals surface area contributed by atoms with E-state index in [0.717, 1.165) is 0 Å². The van der Waals surface area contributed by atoms with E-state index in [0.29, 0.717) is 6.54 Å². The van der Waals surface area contributed by atoms with Crippen molar-refractivity contribution in [2.75, 3.05) is 25.1 Å². The SMILES string of the molecule is CC(C)C(=O)CNCCS(C)(=O)=O. The van der Waals surface area contributed by atoms with E-state index < -0.39 is 9.84 Å². The lowest BCUT2D eigenvalue weighted by molar-refractivity contribution is -0.121. The van der Waals surface area contributed by atoms with Crippen molar-refractivity contribution >= 4 is 15.6 Å². The quantitative estimate of drug-likeness (QED) is 0.615. The lowest BCUT2D eigenvalue weighted by atomic mass is 10.1. The van der Waals surface area contributed by atoms with E-state index in [4.69, 9.17) is 0 Å². The molecule has 4 nitrogen and oxygen atoms in total. The van der Waals surface area contributed by atoms with Gasteiger partial charge in [-0.05, 0) is 0 Å².